The number of halogens is 1. The molecule has 0 aliphatic rings. The predicted molar refractivity (Wildman–Crippen MR) is 69.4 cm³/mol. The third kappa shape index (κ3) is 5.62. The van der Waals surface area contributed by atoms with E-state index in [2.05, 4.69) is 15.6 Å². The minimum atomic E-state index is -0.358. The summed E-state index contributed by atoms with van der Waals surface area (Å²) in [6.45, 7) is 1.81. The molecule has 0 atom stereocenters. The van der Waals surface area contributed by atoms with Crippen LogP contribution in [0.4, 0.5) is 5.13 Å². The van der Waals surface area contributed by atoms with E-state index in [0.717, 1.165) is 11.3 Å². The lowest BCUT2D eigenvalue weighted by Crippen LogP contribution is -2.36. The Morgan fingerprint density at radius 2 is 2.18 bits per heavy atom. The number of thiazole rings is 1. The zero-order valence-electron chi connectivity index (χ0n) is 9.36. The average Bonchev–Trinajstić information content (AvgIpc) is 2.73. The van der Waals surface area contributed by atoms with Gasteiger partial charge in [0.15, 0.2) is 5.13 Å². The normalized spacial score (nSPS) is 9.29. The van der Waals surface area contributed by atoms with Gasteiger partial charge in [-0.15, -0.1) is 23.7 Å². The van der Waals surface area contributed by atoms with Gasteiger partial charge >= 0.3 is 0 Å². The third-order valence-corrected chi connectivity index (χ3v) is 2.84. The smallest absolute Gasteiger partial charge is 0.245 e. The molecule has 1 aromatic heterocycles. The van der Waals surface area contributed by atoms with E-state index >= 15 is 0 Å². The van der Waals surface area contributed by atoms with Crippen LogP contribution in [0.15, 0.2) is 6.20 Å². The number of aryl methyl sites for hydroxylation is 1. The largest absolute Gasteiger partial charge is 0.346 e. The van der Waals surface area contributed by atoms with Crippen LogP contribution in [0.5, 0.6) is 0 Å². The van der Waals surface area contributed by atoms with Crippen LogP contribution in [0.25, 0.3) is 0 Å². The first-order chi connectivity index (χ1) is 7.65. The average molecular weight is 279 g/mol. The number of nitrogens with one attached hydrogen (secondary N) is 2. The molecule has 0 saturated heterocycles. The Morgan fingerprint density at radius 3 is 2.71 bits per heavy atom. The van der Waals surface area contributed by atoms with Crippen LogP contribution in [0.1, 0.15) is 11.8 Å². The molecular weight excluding hydrogens is 264 g/mol. The molecule has 4 N–H and O–H groups in total. The number of carbonyl (C=O) groups is 2. The summed E-state index contributed by atoms with van der Waals surface area (Å²) in [5.74, 6) is -0.665. The van der Waals surface area contributed by atoms with E-state index in [-0.39, 0.29) is 37.3 Å². The van der Waals surface area contributed by atoms with E-state index in [1.54, 1.807) is 6.20 Å². The highest BCUT2D eigenvalue weighted by molar-refractivity contribution is 7.15. The molecule has 0 radical (unpaired) electrons. The van der Waals surface area contributed by atoms with Crippen molar-refractivity contribution in [3.05, 3.63) is 11.1 Å². The fraction of sp³-hybridized carbons (Fsp3) is 0.444. The Hall–Kier alpha value is -1.18. The lowest BCUT2D eigenvalue weighted by Gasteiger charge is -2.02. The van der Waals surface area contributed by atoms with Gasteiger partial charge in [-0.05, 0) is 6.42 Å². The summed E-state index contributed by atoms with van der Waals surface area (Å²) in [6.07, 6.45) is 2.61. The minimum absolute atomic E-state index is 0. The van der Waals surface area contributed by atoms with Gasteiger partial charge < -0.3 is 16.4 Å². The first kappa shape index (κ1) is 15.8. The second-order valence-electron chi connectivity index (χ2n) is 3.01. The van der Waals surface area contributed by atoms with Gasteiger partial charge in [0, 0.05) is 11.1 Å². The summed E-state index contributed by atoms with van der Waals surface area (Å²) in [7, 11) is 0. The molecule has 0 unspecified atom stereocenters. The summed E-state index contributed by atoms with van der Waals surface area (Å²) in [4.78, 5) is 27.2. The molecule has 0 spiro atoms. The van der Waals surface area contributed by atoms with Gasteiger partial charge in [-0.1, -0.05) is 6.92 Å². The van der Waals surface area contributed by atoms with Crippen LogP contribution in [-0.2, 0) is 16.0 Å². The molecule has 0 bridgehead atoms. The van der Waals surface area contributed by atoms with Gasteiger partial charge in [0.25, 0.3) is 0 Å². The van der Waals surface area contributed by atoms with Crippen molar-refractivity contribution < 1.29 is 9.59 Å². The topological polar surface area (TPSA) is 97.1 Å². The Balaban J connectivity index is 0.00000256. The van der Waals surface area contributed by atoms with Crippen molar-refractivity contribution in [3.8, 4) is 0 Å². The number of aromatic nitrogens is 1. The maximum absolute atomic E-state index is 11.3. The Labute approximate surface area is 109 Å². The summed E-state index contributed by atoms with van der Waals surface area (Å²) < 4.78 is 0. The molecule has 17 heavy (non-hydrogen) atoms. The quantitative estimate of drug-likeness (QED) is 0.714. The van der Waals surface area contributed by atoms with Crippen molar-refractivity contribution >= 4 is 40.7 Å². The number of amides is 2. The maximum atomic E-state index is 11.3. The van der Waals surface area contributed by atoms with Crippen molar-refractivity contribution in [1.29, 1.82) is 0 Å². The Kier molecular flexibility index (Phi) is 7.44. The molecule has 6 nitrogen and oxygen atoms in total. The Bertz CT molecular complexity index is 383. The van der Waals surface area contributed by atoms with Crippen LogP contribution < -0.4 is 16.4 Å². The molecule has 0 aromatic carbocycles. The lowest BCUT2D eigenvalue weighted by atomic mass is 10.4. The van der Waals surface area contributed by atoms with Crippen LogP contribution in [0.3, 0.4) is 0 Å². The van der Waals surface area contributed by atoms with Crippen molar-refractivity contribution in [3.63, 3.8) is 0 Å². The molecule has 0 saturated carbocycles. The molecule has 1 aromatic rings. The predicted octanol–water partition coefficient (Wildman–Crippen LogP) is 0.141. The monoisotopic (exact) mass is 278 g/mol. The second-order valence-corrected chi connectivity index (χ2v) is 4.13. The van der Waals surface area contributed by atoms with Crippen molar-refractivity contribution in [2.45, 2.75) is 13.3 Å². The maximum Gasteiger partial charge on any atom is 0.245 e. The van der Waals surface area contributed by atoms with Crippen LogP contribution >= 0.6 is 23.7 Å². The second kappa shape index (κ2) is 7.99. The fourth-order valence-electron chi connectivity index (χ4n) is 0.943. The highest BCUT2D eigenvalue weighted by Gasteiger charge is 2.06. The standard InChI is InChI=1S/C9H14N4O2S.ClH/c1-2-6-4-12-9(16-6)13-8(15)5-11-7(14)3-10;/h4H,2-3,5,10H2,1H3,(H,11,14)(H,12,13,15);1H. The lowest BCUT2D eigenvalue weighted by molar-refractivity contribution is -0.123. The molecule has 1 heterocycles. The first-order valence-electron chi connectivity index (χ1n) is 4.87. The van der Waals surface area contributed by atoms with E-state index in [0.29, 0.717) is 5.13 Å². The van der Waals surface area contributed by atoms with E-state index in [4.69, 9.17) is 5.73 Å². The van der Waals surface area contributed by atoms with Gasteiger partial charge in [0.2, 0.25) is 11.8 Å². The number of nitrogens with two attached hydrogens (primary N) is 1. The molecule has 0 aliphatic carbocycles. The van der Waals surface area contributed by atoms with Gasteiger partial charge in [0.1, 0.15) is 0 Å². The first-order valence-corrected chi connectivity index (χ1v) is 5.68. The van der Waals surface area contributed by atoms with Crippen LogP contribution in [0, 0.1) is 0 Å². The van der Waals surface area contributed by atoms with Gasteiger partial charge in [-0.2, -0.15) is 0 Å². The third-order valence-electron chi connectivity index (χ3n) is 1.78. The number of carbonyl (C=O) groups excluding carboxylic acids is 2. The fourth-order valence-corrected chi connectivity index (χ4v) is 1.71. The van der Waals surface area contributed by atoms with Crippen LogP contribution in [-0.4, -0.2) is 29.9 Å². The molecule has 1 rings (SSSR count). The summed E-state index contributed by atoms with van der Waals surface area (Å²) >= 11 is 1.42. The SMILES string of the molecule is CCc1cnc(NC(=O)CNC(=O)CN)s1.Cl. The van der Waals surface area contributed by atoms with E-state index in [9.17, 15) is 9.59 Å². The number of rotatable bonds is 5. The molecule has 0 fully saturated rings. The van der Waals surface area contributed by atoms with Crippen molar-refractivity contribution in [1.82, 2.24) is 10.3 Å². The van der Waals surface area contributed by atoms with Crippen LogP contribution in [0.2, 0.25) is 0 Å². The number of anilines is 1. The number of hydrogen-bond donors (Lipinski definition) is 3. The molecule has 0 aliphatic heterocycles. The molecular formula is C9H15ClN4O2S. The van der Waals surface area contributed by atoms with Gasteiger partial charge in [-0.25, -0.2) is 4.98 Å². The molecule has 8 heteroatoms. The summed E-state index contributed by atoms with van der Waals surface area (Å²) in [5, 5.41) is 5.51. The number of hydrogen-bond acceptors (Lipinski definition) is 5. The van der Waals surface area contributed by atoms with Gasteiger partial charge in [0.05, 0.1) is 13.1 Å². The summed E-state index contributed by atoms with van der Waals surface area (Å²) in [6, 6.07) is 0. The van der Waals surface area contributed by atoms with Crippen molar-refractivity contribution in [2.24, 2.45) is 5.73 Å². The highest BCUT2D eigenvalue weighted by atomic mass is 35.5. The van der Waals surface area contributed by atoms with Crippen molar-refractivity contribution in [2.75, 3.05) is 18.4 Å². The summed E-state index contributed by atoms with van der Waals surface area (Å²) in [5.41, 5.74) is 5.08. The molecule has 2 amide bonds. The zero-order chi connectivity index (χ0) is 12.0. The number of nitrogens with zero attached hydrogens (tertiary/aromatic N) is 1. The minimum Gasteiger partial charge on any atom is -0.346 e. The van der Waals surface area contributed by atoms with E-state index in [1.165, 1.54) is 11.3 Å². The molecule has 96 valence electrons. The Morgan fingerprint density at radius 1 is 1.47 bits per heavy atom. The highest BCUT2D eigenvalue weighted by Crippen LogP contribution is 2.17. The van der Waals surface area contributed by atoms with E-state index < -0.39 is 0 Å². The zero-order valence-corrected chi connectivity index (χ0v) is 11.0. The van der Waals surface area contributed by atoms with Gasteiger partial charge in [-0.3, -0.25) is 9.59 Å². The van der Waals surface area contributed by atoms with E-state index in [1.807, 2.05) is 6.92 Å².